The number of fused-ring (bicyclic) bond motifs is 1. The minimum absolute atomic E-state index is 0.308. The van der Waals surface area contributed by atoms with Crippen molar-refractivity contribution in [2.24, 2.45) is 0 Å². The first-order valence-corrected chi connectivity index (χ1v) is 5.94. The molecule has 5 nitrogen and oxygen atoms in total. The second-order valence-corrected chi connectivity index (χ2v) is 5.26. The molecule has 17 heavy (non-hydrogen) atoms. The fourth-order valence-electron chi connectivity index (χ4n) is 2.54. The first kappa shape index (κ1) is 12.8. The van der Waals surface area contributed by atoms with E-state index in [1.54, 1.807) is 21.0 Å². The van der Waals surface area contributed by atoms with Crippen molar-refractivity contribution in [2.45, 2.75) is 63.8 Å². The van der Waals surface area contributed by atoms with Crippen molar-refractivity contribution < 1.29 is 23.7 Å². The Balaban J connectivity index is 2.31. The van der Waals surface area contributed by atoms with Crippen LogP contribution in [0.3, 0.4) is 0 Å². The standard InChI is InChI=1S/C12H20O5/c1-6-12(4)9(14-5)7-8(10(13)17-12)16-11(2,3)15-7/h7-9H,6H2,1-5H3/t7-,8+,9+,12-/m0/s1. The van der Waals surface area contributed by atoms with Gasteiger partial charge in [-0.2, -0.15) is 0 Å². The zero-order chi connectivity index (χ0) is 12.8. The summed E-state index contributed by atoms with van der Waals surface area (Å²) in [5.74, 6) is -1.14. The van der Waals surface area contributed by atoms with Gasteiger partial charge in [-0.3, -0.25) is 0 Å². The highest BCUT2D eigenvalue weighted by molar-refractivity contribution is 5.77. The van der Waals surface area contributed by atoms with Crippen LogP contribution < -0.4 is 0 Å². The smallest absolute Gasteiger partial charge is 0.338 e. The number of carbonyl (C=O) groups excluding carboxylic acids is 1. The summed E-state index contributed by atoms with van der Waals surface area (Å²) in [6.45, 7) is 7.40. The largest absolute Gasteiger partial charge is 0.454 e. The number of hydrogen-bond acceptors (Lipinski definition) is 5. The third-order valence-electron chi connectivity index (χ3n) is 3.55. The Morgan fingerprint density at radius 3 is 2.47 bits per heavy atom. The Morgan fingerprint density at radius 1 is 1.29 bits per heavy atom. The van der Waals surface area contributed by atoms with Gasteiger partial charge in [-0.1, -0.05) is 6.92 Å². The summed E-state index contributed by atoms with van der Waals surface area (Å²) in [5.41, 5.74) is -0.656. The molecule has 0 aromatic carbocycles. The van der Waals surface area contributed by atoms with Gasteiger partial charge >= 0.3 is 5.97 Å². The van der Waals surface area contributed by atoms with Crippen LogP contribution in [0.15, 0.2) is 0 Å². The minimum Gasteiger partial charge on any atom is -0.454 e. The van der Waals surface area contributed by atoms with E-state index in [1.807, 2.05) is 13.8 Å². The molecule has 0 amide bonds. The average molecular weight is 244 g/mol. The second kappa shape index (κ2) is 3.93. The third kappa shape index (κ3) is 1.96. The summed E-state index contributed by atoms with van der Waals surface area (Å²) >= 11 is 0. The van der Waals surface area contributed by atoms with Gasteiger partial charge in [0.15, 0.2) is 11.9 Å². The van der Waals surface area contributed by atoms with E-state index in [4.69, 9.17) is 18.9 Å². The number of rotatable bonds is 2. The van der Waals surface area contributed by atoms with Crippen LogP contribution in [0.1, 0.15) is 34.1 Å². The van der Waals surface area contributed by atoms with E-state index < -0.39 is 23.6 Å². The number of methoxy groups -OCH3 is 1. The molecule has 0 N–H and O–H groups in total. The maximum atomic E-state index is 11.9. The highest BCUT2D eigenvalue weighted by Gasteiger charge is 2.59. The molecule has 2 heterocycles. The molecule has 0 aromatic heterocycles. The number of esters is 1. The van der Waals surface area contributed by atoms with Crippen molar-refractivity contribution in [3.05, 3.63) is 0 Å². The predicted octanol–water partition coefficient (Wildman–Crippen LogP) is 1.25. The lowest BCUT2D eigenvalue weighted by atomic mass is 9.86. The lowest BCUT2D eigenvalue weighted by molar-refractivity contribution is -0.215. The van der Waals surface area contributed by atoms with Crippen LogP contribution in [0, 0.1) is 0 Å². The molecule has 0 aromatic rings. The molecule has 2 rings (SSSR count). The van der Waals surface area contributed by atoms with Crippen LogP contribution in [-0.2, 0) is 23.7 Å². The maximum Gasteiger partial charge on any atom is 0.338 e. The molecule has 0 aliphatic carbocycles. The van der Waals surface area contributed by atoms with Crippen LogP contribution in [0.4, 0.5) is 0 Å². The Bertz CT molecular complexity index is 327. The van der Waals surface area contributed by atoms with Gasteiger partial charge in [-0.25, -0.2) is 4.79 Å². The van der Waals surface area contributed by atoms with E-state index in [0.717, 1.165) is 0 Å². The van der Waals surface area contributed by atoms with E-state index in [-0.39, 0.29) is 12.1 Å². The molecule has 0 unspecified atom stereocenters. The molecule has 2 aliphatic rings. The Kier molecular flexibility index (Phi) is 2.96. The van der Waals surface area contributed by atoms with Crippen molar-refractivity contribution in [3.63, 3.8) is 0 Å². The highest BCUT2D eigenvalue weighted by atomic mass is 16.8. The van der Waals surface area contributed by atoms with Crippen molar-refractivity contribution in [3.8, 4) is 0 Å². The zero-order valence-electron chi connectivity index (χ0n) is 11.0. The summed E-state index contributed by atoms with van der Waals surface area (Å²) in [4.78, 5) is 11.9. The van der Waals surface area contributed by atoms with Crippen molar-refractivity contribution in [1.82, 2.24) is 0 Å². The fourth-order valence-corrected chi connectivity index (χ4v) is 2.54. The predicted molar refractivity (Wildman–Crippen MR) is 59.4 cm³/mol. The zero-order valence-corrected chi connectivity index (χ0v) is 11.0. The van der Waals surface area contributed by atoms with Gasteiger partial charge in [-0.15, -0.1) is 0 Å². The van der Waals surface area contributed by atoms with Crippen LogP contribution in [-0.4, -0.2) is 42.8 Å². The molecule has 98 valence electrons. The van der Waals surface area contributed by atoms with Gasteiger partial charge in [0.2, 0.25) is 0 Å². The lowest BCUT2D eigenvalue weighted by Gasteiger charge is -2.43. The molecule has 2 saturated heterocycles. The Labute approximate surface area is 101 Å². The SMILES string of the molecule is CC[C@]1(C)OC(=O)[C@@H]2OC(C)(C)O[C@@H]2[C@H]1OC. The summed E-state index contributed by atoms with van der Waals surface area (Å²) in [6.07, 6.45) is -0.725. The summed E-state index contributed by atoms with van der Waals surface area (Å²) in [7, 11) is 1.60. The number of cyclic esters (lactones) is 1. The van der Waals surface area contributed by atoms with Gasteiger partial charge in [0.25, 0.3) is 0 Å². The molecule has 0 bridgehead atoms. The van der Waals surface area contributed by atoms with Crippen LogP contribution in [0.2, 0.25) is 0 Å². The monoisotopic (exact) mass is 244 g/mol. The van der Waals surface area contributed by atoms with Gasteiger partial charge in [0, 0.05) is 7.11 Å². The van der Waals surface area contributed by atoms with Gasteiger partial charge in [0.1, 0.15) is 17.8 Å². The maximum absolute atomic E-state index is 11.9. The first-order valence-electron chi connectivity index (χ1n) is 5.94. The normalized spacial score (nSPS) is 44.3. The topological polar surface area (TPSA) is 54.0 Å². The van der Waals surface area contributed by atoms with E-state index in [0.29, 0.717) is 6.42 Å². The summed E-state index contributed by atoms with van der Waals surface area (Å²) in [6, 6.07) is 0. The molecular formula is C12H20O5. The molecule has 5 heteroatoms. The fraction of sp³-hybridized carbons (Fsp3) is 0.917. The van der Waals surface area contributed by atoms with Gasteiger partial charge < -0.3 is 18.9 Å². The third-order valence-corrected chi connectivity index (χ3v) is 3.55. The van der Waals surface area contributed by atoms with Crippen LogP contribution in [0.5, 0.6) is 0 Å². The number of ether oxygens (including phenoxy) is 4. The molecular weight excluding hydrogens is 224 g/mol. The number of hydrogen-bond donors (Lipinski definition) is 0. The summed E-state index contributed by atoms with van der Waals surface area (Å²) in [5, 5.41) is 0. The van der Waals surface area contributed by atoms with Crippen LogP contribution in [0.25, 0.3) is 0 Å². The Hall–Kier alpha value is -0.650. The quantitative estimate of drug-likeness (QED) is 0.684. The second-order valence-electron chi connectivity index (χ2n) is 5.26. The molecule has 2 aliphatic heterocycles. The Morgan fingerprint density at radius 2 is 1.94 bits per heavy atom. The van der Waals surface area contributed by atoms with Crippen LogP contribution >= 0.6 is 0 Å². The molecule has 2 fully saturated rings. The van der Waals surface area contributed by atoms with E-state index in [2.05, 4.69) is 0 Å². The first-order chi connectivity index (χ1) is 7.83. The van der Waals surface area contributed by atoms with E-state index in [1.165, 1.54) is 0 Å². The minimum atomic E-state index is -0.774. The molecule has 0 radical (unpaired) electrons. The molecule has 0 saturated carbocycles. The van der Waals surface area contributed by atoms with E-state index >= 15 is 0 Å². The summed E-state index contributed by atoms with van der Waals surface area (Å²) < 4.78 is 22.3. The molecule has 4 atom stereocenters. The average Bonchev–Trinajstić information content (AvgIpc) is 2.55. The van der Waals surface area contributed by atoms with E-state index in [9.17, 15) is 4.79 Å². The molecule has 0 spiro atoms. The van der Waals surface area contributed by atoms with Crippen molar-refractivity contribution in [1.29, 1.82) is 0 Å². The van der Waals surface area contributed by atoms with Crippen molar-refractivity contribution >= 4 is 5.97 Å². The highest BCUT2D eigenvalue weighted by Crippen LogP contribution is 2.41. The van der Waals surface area contributed by atoms with Gasteiger partial charge in [-0.05, 0) is 27.2 Å². The lowest BCUT2D eigenvalue weighted by Crippen LogP contribution is -2.61. The number of carbonyl (C=O) groups is 1. The van der Waals surface area contributed by atoms with Crippen molar-refractivity contribution in [2.75, 3.05) is 7.11 Å². The van der Waals surface area contributed by atoms with Gasteiger partial charge in [0.05, 0.1) is 0 Å².